The molecule has 1 aromatic rings. The molecule has 1 aliphatic rings. The van der Waals surface area contributed by atoms with E-state index in [1.165, 1.54) is 25.7 Å². The predicted molar refractivity (Wildman–Crippen MR) is 59.2 cm³/mol. The molecule has 0 aliphatic heterocycles. The highest BCUT2D eigenvalue weighted by atomic mass is 15.0. The molecule has 0 atom stereocenters. The van der Waals surface area contributed by atoms with Gasteiger partial charge in [0.2, 0.25) is 0 Å². The van der Waals surface area contributed by atoms with Crippen LogP contribution in [0.15, 0.2) is 12.3 Å². The molecule has 1 aliphatic carbocycles. The van der Waals surface area contributed by atoms with Gasteiger partial charge in [0, 0.05) is 12.2 Å². The summed E-state index contributed by atoms with van der Waals surface area (Å²) in [6.45, 7) is 0. The van der Waals surface area contributed by atoms with Crippen LogP contribution >= 0.6 is 0 Å². The first-order valence-electron chi connectivity index (χ1n) is 5.22. The maximum absolute atomic E-state index is 8.67. The smallest absolute Gasteiger partial charge is 0.149 e. The van der Waals surface area contributed by atoms with E-state index in [-0.39, 0.29) is 0 Å². The van der Waals surface area contributed by atoms with Crippen molar-refractivity contribution in [3.05, 3.63) is 17.8 Å². The number of aromatic nitrogens is 1. The molecule has 78 valence electrons. The van der Waals surface area contributed by atoms with E-state index in [0.717, 1.165) is 0 Å². The van der Waals surface area contributed by atoms with E-state index in [2.05, 4.69) is 10.3 Å². The molecule has 1 aromatic heterocycles. The SMILES string of the molecule is N#Cc1cnc(NC2CCCC2)c(N)c1. The molecule has 4 nitrogen and oxygen atoms in total. The molecule has 1 fully saturated rings. The first kappa shape index (κ1) is 9.78. The quantitative estimate of drug-likeness (QED) is 0.768. The average Bonchev–Trinajstić information content (AvgIpc) is 2.74. The van der Waals surface area contributed by atoms with E-state index < -0.39 is 0 Å². The minimum absolute atomic E-state index is 0.493. The van der Waals surface area contributed by atoms with Crippen molar-refractivity contribution in [1.29, 1.82) is 5.26 Å². The number of pyridine rings is 1. The summed E-state index contributed by atoms with van der Waals surface area (Å²) in [5.41, 5.74) is 6.86. The summed E-state index contributed by atoms with van der Waals surface area (Å²) < 4.78 is 0. The fraction of sp³-hybridized carbons (Fsp3) is 0.455. The molecule has 1 saturated carbocycles. The Hall–Kier alpha value is -1.76. The topological polar surface area (TPSA) is 74.7 Å². The van der Waals surface area contributed by atoms with Crippen LogP contribution in [0.2, 0.25) is 0 Å². The van der Waals surface area contributed by atoms with Gasteiger partial charge in [0.05, 0.1) is 11.3 Å². The van der Waals surface area contributed by atoms with Gasteiger partial charge in [0.25, 0.3) is 0 Å². The van der Waals surface area contributed by atoms with Gasteiger partial charge in [0.1, 0.15) is 11.9 Å². The Labute approximate surface area is 89.1 Å². The lowest BCUT2D eigenvalue weighted by Crippen LogP contribution is -2.16. The lowest BCUT2D eigenvalue weighted by molar-refractivity contribution is 0.751. The maximum Gasteiger partial charge on any atom is 0.149 e. The van der Waals surface area contributed by atoms with E-state index in [1.54, 1.807) is 12.3 Å². The second kappa shape index (κ2) is 4.18. The number of nitrogens with one attached hydrogen (secondary N) is 1. The minimum Gasteiger partial charge on any atom is -0.396 e. The van der Waals surface area contributed by atoms with Crippen LogP contribution in [0.5, 0.6) is 0 Å². The lowest BCUT2D eigenvalue weighted by atomic mass is 10.2. The first-order chi connectivity index (χ1) is 7.29. The molecule has 15 heavy (non-hydrogen) atoms. The van der Waals surface area contributed by atoms with Crippen LogP contribution in [0.1, 0.15) is 31.2 Å². The van der Waals surface area contributed by atoms with Crippen LogP contribution < -0.4 is 11.1 Å². The number of nitrogens with zero attached hydrogens (tertiary/aromatic N) is 2. The molecule has 0 aromatic carbocycles. The van der Waals surface area contributed by atoms with E-state index in [1.807, 2.05) is 6.07 Å². The molecule has 0 unspecified atom stereocenters. The third-order valence-corrected chi connectivity index (χ3v) is 2.74. The van der Waals surface area contributed by atoms with Crippen LogP contribution in [0, 0.1) is 11.3 Å². The van der Waals surface area contributed by atoms with Gasteiger partial charge in [0.15, 0.2) is 0 Å². The number of anilines is 2. The molecular formula is C11H14N4. The summed E-state index contributed by atoms with van der Waals surface area (Å²) in [4.78, 5) is 4.15. The number of nitrogens with two attached hydrogens (primary N) is 1. The van der Waals surface area contributed by atoms with E-state index >= 15 is 0 Å². The monoisotopic (exact) mass is 202 g/mol. The van der Waals surface area contributed by atoms with Crippen molar-refractivity contribution in [3.63, 3.8) is 0 Å². The van der Waals surface area contributed by atoms with Crippen LogP contribution in [0.4, 0.5) is 11.5 Å². The van der Waals surface area contributed by atoms with Crippen LogP contribution in [-0.2, 0) is 0 Å². The second-order valence-corrected chi connectivity index (χ2v) is 3.90. The van der Waals surface area contributed by atoms with Crippen LogP contribution in [0.3, 0.4) is 0 Å². The number of hydrogen-bond donors (Lipinski definition) is 2. The van der Waals surface area contributed by atoms with Crippen molar-refractivity contribution in [1.82, 2.24) is 4.98 Å². The normalized spacial score (nSPS) is 16.2. The number of nitriles is 1. The maximum atomic E-state index is 8.67. The van der Waals surface area contributed by atoms with Crippen molar-refractivity contribution in [2.75, 3.05) is 11.1 Å². The summed E-state index contributed by atoms with van der Waals surface area (Å²) in [6, 6.07) is 4.17. The van der Waals surface area contributed by atoms with Gasteiger partial charge in [-0.3, -0.25) is 0 Å². The van der Waals surface area contributed by atoms with Gasteiger partial charge < -0.3 is 11.1 Å². The Kier molecular flexibility index (Phi) is 2.72. The fourth-order valence-corrected chi connectivity index (χ4v) is 1.93. The summed E-state index contributed by atoms with van der Waals surface area (Å²) in [7, 11) is 0. The number of hydrogen-bond acceptors (Lipinski definition) is 4. The number of nitrogen functional groups attached to an aromatic ring is 1. The van der Waals surface area contributed by atoms with Crippen molar-refractivity contribution in [2.24, 2.45) is 0 Å². The predicted octanol–water partition coefficient (Wildman–Crippen LogP) is 1.89. The lowest BCUT2D eigenvalue weighted by Gasteiger charge is -2.13. The zero-order valence-electron chi connectivity index (χ0n) is 8.53. The van der Waals surface area contributed by atoms with E-state index in [0.29, 0.717) is 23.1 Å². The van der Waals surface area contributed by atoms with Gasteiger partial charge in [-0.15, -0.1) is 0 Å². The van der Waals surface area contributed by atoms with Gasteiger partial charge in [-0.25, -0.2) is 4.98 Å². The summed E-state index contributed by atoms with van der Waals surface area (Å²) >= 11 is 0. The molecule has 1 heterocycles. The van der Waals surface area contributed by atoms with Crippen molar-refractivity contribution >= 4 is 11.5 Å². The zero-order valence-corrected chi connectivity index (χ0v) is 8.53. The largest absolute Gasteiger partial charge is 0.396 e. The summed E-state index contributed by atoms with van der Waals surface area (Å²) in [5, 5.41) is 12.0. The molecule has 0 spiro atoms. The van der Waals surface area contributed by atoms with Gasteiger partial charge in [-0.2, -0.15) is 5.26 Å². The van der Waals surface area contributed by atoms with Crippen LogP contribution in [0.25, 0.3) is 0 Å². The minimum atomic E-state index is 0.493. The van der Waals surface area contributed by atoms with E-state index in [9.17, 15) is 0 Å². The standard InChI is InChI=1S/C11H14N4/c12-6-8-5-10(13)11(14-7-8)15-9-3-1-2-4-9/h5,7,9H,1-4,13H2,(H,14,15). The highest BCUT2D eigenvalue weighted by molar-refractivity contribution is 5.63. The Morgan fingerprint density at radius 2 is 2.20 bits per heavy atom. The van der Waals surface area contributed by atoms with Gasteiger partial charge in [-0.1, -0.05) is 12.8 Å². The Morgan fingerprint density at radius 1 is 1.47 bits per heavy atom. The Bertz CT molecular complexity index is 388. The molecule has 0 saturated heterocycles. The molecule has 0 bridgehead atoms. The second-order valence-electron chi connectivity index (χ2n) is 3.90. The average molecular weight is 202 g/mol. The van der Waals surface area contributed by atoms with E-state index in [4.69, 9.17) is 11.0 Å². The fourth-order valence-electron chi connectivity index (χ4n) is 1.93. The highest BCUT2D eigenvalue weighted by Gasteiger charge is 2.15. The first-order valence-corrected chi connectivity index (χ1v) is 5.22. The van der Waals surface area contributed by atoms with Crippen molar-refractivity contribution in [2.45, 2.75) is 31.7 Å². The zero-order chi connectivity index (χ0) is 10.7. The highest BCUT2D eigenvalue weighted by Crippen LogP contribution is 2.24. The molecule has 0 amide bonds. The molecule has 4 heteroatoms. The van der Waals surface area contributed by atoms with Gasteiger partial charge in [-0.05, 0) is 18.9 Å². The molecular weight excluding hydrogens is 188 g/mol. The Morgan fingerprint density at radius 3 is 2.80 bits per heavy atom. The molecule has 3 N–H and O–H groups in total. The molecule has 0 radical (unpaired) electrons. The van der Waals surface area contributed by atoms with Crippen molar-refractivity contribution in [3.8, 4) is 6.07 Å². The third kappa shape index (κ3) is 2.18. The van der Waals surface area contributed by atoms with Gasteiger partial charge >= 0.3 is 0 Å². The summed E-state index contributed by atoms with van der Waals surface area (Å²) in [5.74, 6) is 0.709. The van der Waals surface area contributed by atoms with Crippen molar-refractivity contribution < 1.29 is 0 Å². The van der Waals surface area contributed by atoms with Crippen LogP contribution in [-0.4, -0.2) is 11.0 Å². The Balaban J connectivity index is 2.11. The third-order valence-electron chi connectivity index (χ3n) is 2.74. The molecule has 2 rings (SSSR count). The summed E-state index contributed by atoms with van der Waals surface area (Å²) in [6.07, 6.45) is 6.46. The number of rotatable bonds is 2.